The van der Waals surface area contributed by atoms with Crippen LogP contribution in [0.4, 0.5) is 23.2 Å². The molecule has 1 heterocycles. The lowest BCUT2D eigenvalue weighted by Gasteiger charge is -2.12. The molecular formula is C9H6F4N2O5. The molecule has 0 unspecified atom stereocenters. The van der Waals surface area contributed by atoms with Crippen LogP contribution < -0.4 is 4.74 Å². The highest BCUT2D eigenvalue weighted by Crippen LogP contribution is 2.33. The first kappa shape index (κ1) is 15.6. The van der Waals surface area contributed by atoms with Gasteiger partial charge < -0.3 is 9.47 Å². The summed E-state index contributed by atoms with van der Waals surface area (Å²) in [6.45, 7) is 1.02. The topological polar surface area (TPSA) is 91.6 Å². The third-order valence-corrected chi connectivity index (χ3v) is 1.86. The molecule has 1 aromatic rings. The minimum Gasteiger partial charge on any atom is -0.462 e. The number of nitro groups is 1. The number of aromatic nitrogens is 1. The van der Waals surface area contributed by atoms with Crippen LogP contribution in [0.3, 0.4) is 0 Å². The summed E-state index contributed by atoms with van der Waals surface area (Å²) in [5.41, 5.74) is -2.84. The highest BCUT2D eigenvalue weighted by atomic mass is 19.4. The van der Waals surface area contributed by atoms with Crippen LogP contribution >= 0.6 is 0 Å². The van der Waals surface area contributed by atoms with Crippen LogP contribution in [0.5, 0.6) is 5.75 Å². The van der Waals surface area contributed by atoms with Gasteiger partial charge in [-0.25, -0.2) is 9.78 Å². The zero-order valence-corrected chi connectivity index (χ0v) is 9.73. The molecule has 0 saturated carbocycles. The standard InChI is InChI=1S/C9H6F4N2O5/c1-2-19-8(16)5-4(20-9(11,12)13)3-14-7(10)6(5)15(17)18/h3H,2H2,1H3. The fourth-order valence-electron chi connectivity index (χ4n) is 1.23. The first-order chi connectivity index (χ1) is 9.17. The predicted octanol–water partition coefficient (Wildman–Crippen LogP) is 2.20. The molecular weight excluding hydrogens is 292 g/mol. The Morgan fingerprint density at radius 2 is 2.10 bits per heavy atom. The van der Waals surface area contributed by atoms with Gasteiger partial charge >= 0.3 is 18.0 Å². The average molecular weight is 298 g/mol. The summed E-state index contributed by atoms with van der Waals surface area (Å²) in [5, 5.41) is 10.7. The molecule has 0 N–H and O–H groups in total. The van der Waals surface area contributed by atoms with E-state index in [4.69, 9.17) is 0 Å². The number of carbonyl (C=O) groups excluding carboxylic acids is 1. The molecule has 20 heavy (non-hydrogen) atoms. The van der Waals surface area contributed by atoms with Crippen molar-refractivity contribution < 1.29 is 36.8 Å². The average Bonchev–Trinajstić information content (AvgIpc) is 2.29. The van der Waals surface area contributed by atoms with Gasteiger partial charge in [0.15, 0.2) is 11.3 Å². The monoisotopic (exact) mass is 298 g/mol. The van der Waals surface area contributed by atoms with Crippen molar-refractivity contribution in [2.24, 2.45) is 0 Å². The number of carbonyl (C=O) groups is 1. The molecule has 1 aromatic heterocycles. The Bertz CT molecular complexity index is 546. The Balaban J connectivity index is 3.48. The lowest BCUT2D eigenvalue weighted by atomic mass is 10.2. The lowest BCUT2D eigenvalue weighted by Crippen LogP contribution is -2.21. The molecule has 0 aliphatic heterocycles. The van der Waals surface area contributed by atoms with E-state index in [9.17, 15) is 32.5 Å². The maximum Gasteiger partial charge on any atom is 0.573 e. The molecule has 0 spiro atoms. The van der Waals surface area contributed by atoms with Crippen molar-refractivity contribution in [3.05, 3.63) is 27.8 Å². The van der Waals surface area contributed by atoms with Gasteiger partial charge in [0.1, 0.15) is 0 Å². The third kappa shape index (κ3) is 3.52. The molecule has 0 amide bonds. The van der Waals surface area contributed by atoms with Gasteiger partial charge in [-0.05, 0) is 6.92 Å². The smallest absolute Gasteiger partial charge is 0.462 e. The van der Waals surface area contributed by atoms with E-state index in [1.54, 1.807) is 0 Å². The van der Waals surface area contributed by atoms with Crippen molar-refractivity contribution in [1.82, 2.24) is 4.98 Å². The number of pyridine rings is 1. The molecule has 110 valence electrons. The van der Waals surface area contributed by atoms with Crippen molar-refractivity contribution in [2.45, 2.75) is 13.3 Å². The lowest BCUT2D eigenvalue weighted by molar-refractivity contribution is -0.388. The van der Waals surface area contributed by atoms with Gasteiger partial charge in [0.05, 0.1) is 17.7 Å². The third-order valence-electron chi connectivity index (χ3n) is 1.86. The quantitative estimate of drug-likeness (QED) is 0.278. The minimum absolute atomic E-state index is 0.210. The number of halogens is 4. The number of nitrogens with zero attached hydrogens (tertiary/aromatic N) is 2. The van der Waals surface area contributed by atoms with Crippen molar-refractivity contribution >= 4 is 11.7 Å². The molecule has 0 fully saturated rings. The van der Waals surface area contributed by atoms with Crippen molar-refractivity contribution in [2.75, 3.05) is 6.61 Å². The summed E-state index contributed by atoms with van der Waals surface area (Å²) < 4.78 is 57.4. The fourth-order valence-corrected chi connectivity index (χ4v) is 1.23. The van der Waals surface area contributed by atoms with Crippen molar-refractivity contribution in [1.29, 1.82) is 0 Å². The molecule has 1 rings (SSSR count). The van der Waals surface area contributed by atoms with E-state index in [1.807, 2.05) is 0 Å². The summed E-state index contributed by atoms with van der Waals surface area (Å²) in [6.07, 6.45) is -5.03. The number of rotatable bonds is 4. The molecule has 11 heteroatoms. The largest absolute Gasteiger partial charge is 0.573 e. The molecule has 0 saturated heterocycles. The summed E-state index contributed by atoms with van der Waals surface area (Å²) in [7, 11) is 0. The van der Waals surface area contributed by atoms with Crippen LogP contribution in [0.15, 0.2) is 6.20 Å². The van der Waals surface area contributed by atoms with Crippen molar-refractivity contribution in [3.63, 3.8) is 0 Å². The Hall–Kier alpha value is -2.46. The highest BCUT2D eigenvalue weighted by molar-refractivity contribution is 5.96. The van der Waals surface area contributed by atoms with Gasteiger partial charge in [-0.15, -0.1) is 13.2 Å². The van der Waals surface area contributed by atoms with Crippen LogP contribution in [-0.4, -0.2) is 28.8 Å². The van der Waals surface area contributed by atoms with Crippen molar-refractivity contribution in [3.8, 4) is 5.75 Å². The molecule has 0 bridgehead atoms. The van der Waals surface area contributed by atoms with Gasteiger partial charge in [0.25, 0.3) is 5.95 Å². The van der Waals surface area contributed by atoms with Crippen LogP contribution in [0, 0.1) is 16.1 Å². The van der Waals surface area contributed by atoms with E-state index in [-0.39, 0.29) is 12.8 Å². The number of esters is 1. The first-order valence-corrected chi connectivity index (χ1v) is 4.93. The Morgan fingerprint density at radius 3 is 2.55 bits per heavy atom. The fraction of sp³-hybridized carbons (Fsp3) is 0.333. The van der Waals surface area contributed by atoms with Crippen LogP contribution in [0.1, 0.15) is 17.3 Å². The van der Waals surface area contributed by atoms with Crippen LogP contribution in [0.2, 0.25) is 0 Å². The van der Waals surface area contributed by atoms with E-state index in [0.29, 0.717) is 0 Å². The summed E-state index contributed by atoms with van der Waals surface area (Å²) in [6, 6.07) is 0. The zero-order chi connectivity index (χ0) is 15.5. The second-order valence-electron chi connectivity index (χ2n) is 3.16. The van der Waals surface area contributed by atoms with Gasteiger partial charge in [0.2, 0.25) is 0 Å². The molecule has 7 nitrogen and oxygen atoms in total. The first-order valence-electron chi connectivity index (χ1n) is 4.93. The maximum absolute atomic E-state index is 13.2. The number of alkyl halides is 3. The molecule has 0 aliphatic carbocycles. The summed E-state index contributed by atoms with van der Waals surface area (Å²) >= 11 is 0. The predicted molar refractivity (Wildman–Crippen MR) is 53.5 cm³/mol. The molecule has 0 atom stereocenters. The zero-order valence-electron chi connectivity index (χ0n) is 9.73. The Morgan fingerprint density at radius 1 is 1.50 bits per heavy atom. The maximum atomic E-state index is 13.2. The van der Waals surface area contributed by atoms with E-state index in [1.165, 1.54) is 6.92 Å². The normalized spacial score (nSPS) is 11.1. The van der Waals surface area contributed by atoms with Gasteiger partial charge in [-0.2, -0.15) is 4.39 Å². The molecule has 0 aromatic carbocycles. The second kappa shape index (κ2) is 5.67. The summed E-state index contributed by atoms with van der Waals surface area (Å²) in [5.74, 6) is -4.57. The van der Waals surface area contributed by atoms with Crippen LogP contribution in [-0.2, 0) is 4.74 Å². The van der Waals surface area contributed by atoms with E-state index in [0.717, 1.165) is 0 Å². The second-order valence-corrected chi connectivity index (χ2v) is 3.16. The van der Waals surface area contributed by atoms with E-state index in [2.05, 4.69) is 14.5 Å². The summed E-state index contributed by atoms with van der Waals surface area (Å²) in [4.78, 5) is 23.5. The van der Waals surface area contributed by atoms with E-state index >= 15 is 0 Å². The Kier molecular flexibility index (Phi) is 4.42. The number of ether oxygens (including phenoxy) is 2. The highest BCUT2D eigenvalue weighted by Gasteiger charge is 2.38. The molecule has 0 radical (unpaired) electrons. The SMILES string of the molecule is CCOC(=O)c1c(OC(F)(F)F)cnc(F)c1[N+](=O)[O-]. The number of hydrogen-bond donors (Lipinski definition) is 0. The minimum atomic E-state index is -5.24. The van der Waals surface area contributed by atoms with Crippen LogP contribution in [0.25, 0.3) is 0 Å². The van der Waals surface area contributed by atoms with Gasteiger partial charge in [-0.1, -0.05) is 0 Å². The van der Waals surface area contributed by atoms with Gasteiger partial charge in [0, 0.05) is 0 Å². The number of hydrogen-bond acceptors (Lipinski definition) is 6. The van der Waals surface area contributed by atoms with Gasteiger partial charge in [-0.3, -0.25) is 10.1 Å². The Labute approximate surface area is 108 Å². The van der Waals surface area contributed by atoms with E-state index < -0.39 is 40.2 Å². The molecule has 0 aliphatic rings.